The first-order valence-electron chi connectivity index (χ1n) is 7.60. The minimum absolute atomic E-state index is 0.159. The second-order valence-corrected chi connectivity index (χ2v) is 5.52. The third-order valence-corrected chi connectivity index (χ3v) is 3.51. The number of nitrogens with zero attached hydrogens (tertiary/aromatic N) is 4. The predicted octanol–water partition coefficient (Wildman–Crippen LogP) is 2.64. The van der Waals surface area contributed by atoms with Crippen LogP contribution in [-0.2, 0) is 12.8 Å². The van der Waals surface area contributed by atoms with Crippen LogP contribution >= 0.6 is 0 Å². The lowest BCUT2D eigenvalue weighted by Gasteiger charge is -2.27. The van der Waals surface area contributed by atoms with Crippen LogP contribution in [-0.4, -0.2) is 26.8 Å². The van der Waals surface area contributed by atoms with Gasteiger partial charge in [0, 0.05) is 19.3 Å². The molecule has 0 fully saturated rings. The van der Waals surface area contributed by atoms with Gasteiger partial charge in [-0.15, -0.1) is 0 Å². The molecule has 0 aliphatic rings. The molecule has 1 heterocycles. The first-order chi connectivity index (χ1) is 9.49. The second-order valence-electron chi connectivity index (χ2n) is 5.52. The number of aryl methyl sites for hydroxylation is 2. The monoisotopic (exact) mass is 277 g/mol. The zero-order chi connectivity index (χ0) is 15.2. The van der Waals surface area contributed by atoms with Gasteiger partial charge < -0.3 is 0 Å². The highest BCUT2D eigenvalue weighted by Gasteiger charge is 2.27. The van der Waals surface area contributed by atoms with E-state index in [4.69, 9.17) is 0 Å². The Morgan fingerprint density at radius 2 is 2.05 bits per heavy atom. The van der Waals surface area contributed by atoms with Crippen molar-refractivity contribution in [1.82, 2.24) is 20.1 Å². The number of hydrogen-bond donors (Lipinski definition) is 1. The summed E-state index contributed by atoms with van der Waals surface area (Å²) in [7, 11) is 0. The lowest BCUT2D eigenvalue weighted by Crippen LogP contribution is -2.43. The first kappa shape index (κ1) is 16.6. The number of rotatable bonds is 8. The van der Waals surface area contributed by atoms with Crippen LogP contribution in [0.3, 0.4) is 0 Å². The Morgan fingerprint density at radius 1 is 1.35 bits per heavy atom. The smallest absolute Gasteiger partial charge is 0.150 e. The van der Waals surface area contributed by atoms with E-state index in [1.807, 2.05) is 11.6 Å². The Bertz CT molecular complexity index is 459. The van der Waals surface area contributed by atoms with Crippen LogP contribution in [0.25, 0.3) is 0 Å². The third-order valence-electron chi connectivity index (χ3n) is 3.51. The van der Waals surface area contributed by atoms with E-state index < -0.39 is 5.54 Å². The maximum Gasteiger partial charge on any atom is 0.150 e. The molecule has 2 atom stereocenters. The van der Waals surface area contributed by atoms with Gasteiger partial charge in [0.05, 0.1) is 12.1 Å². The summed E-state index contributed by atoms with van der Waals surface area (Å²) in [6.45, 7) is 11.2. The standard InChI is InChI=1S/C15H27N5/c1-6-9-17-15(5,11-16)10-12(4)20-14(8-3)18-13(7-2)19-20/h12,17H,6-10H2,1-5H3. The van der Waals surface area contributed by atoms with Gasteiger partial charge in [-0.1, -0.05) is 20.8 Å². The zero-order valence-electron chi connectivity index (χ0n) is 13.4. The van der Waals surface area contributed by atoms with Gasteiger partial charge in [0.1, 0.15) is 11.4 Å². The highest BCUT2D eigenvalue weighted by Crippen LogP contribution is 2.21. The van der Waals surface area contributed by atoms with Crippen molar-refractivity contribution in [3.8, 4) is 6.07 Å². The van der Waals surface area contributed by atoms with Gasteiger partial charge in [0.2, 0.25) is 0 Å². The molecule has 0 saturated heterocycles. The average molecular weight is 277 g/mol. The lowest BCUT2D eigenvalue weighted by molar-refractivity contribution is 0.327. The molecule has 1 N–H and O–H groups in total. The van der Waals surface area contributed by atoms with E-state index >= 15 is 0 Å². The maximum absolute atomic E-state index is 9.43. The fourth-order valence-electron chi connectivity index (χ4n) is 2.38. The Balaban J connectivity index is 2.86. The largest absolute Gasteiger partial charge is 0.300 e. The Labute approximate surface area is 122 Å². The van der Waals surface area contributed by atoms with E-state index in [0.29, 0.717) is 0 Å². The summed E-state index contributed by atoms with van der Waals surface area (Å²) < 4.78 is 1.99. The predicted molar refractivity (Wildman–Crippen MR) is 80.4 cm³/mol. The fourth-order valence-corrected chi connectivity index (χ4v) is 2.38. The molecule has 0 bridgehead atoms. The molecule has 0 radical (unpaired) electrons. The summed E-state index contributed by atoms with van der Waals surface area (Å²) in [5, 5.41) is 17.3. The SMILES string of the molecule is CCCNC(C)(C#N)CC(C)n1nc(CC)nc1CC. The summed E-state index contributed by atoms with van der Waals surface area (Å²) in [5.74, 6) is 1.89. The highest BCUT2D eigenvalue weighted by atomic mass is 15.4. The van der Waals surface area contributed by atoms with Gasteiger partial charge in [-0.25, -0.2) is 9.67 Å². The number of nitriles is 1. The second kappa shape index (κ2) is 7.39. The van der Waals surface area contributed by atoms with Crippen molar-refractivity contribution >= 4 is 0 Å². The van der Waals surface area contributed by atoms with E-state index in [1.54, 1.807) is 0 Å². The Hall–Kier alpha value is -1.41. The molecule has 112 valence electrons. The minimum Gasteiger partial charge on any atom is -0.300 e. The van der Waals surface area contributed by atoms with E-state index in [1.165, 1.54) is 0 Å². The average Bonchev–Trinajstić information content (AvgIpc) is 2.88. The van der Waals surface area contributed by atoms with Crippen LogP contribution in [0.15, 0.2) is 0 Å². The molecule has 1 rings (SSSR count). The highest BCUT2D eigenvalue weighted by molar-refractivity contribution is 5.06. The molecule has 0 spiro atoms. The summed E-state index contributed by atoms with van der Waals surface area (Å²) in [4.78, 5) is 4.53. The molecular weight excluding hydrogens is 250 g/mol. The molecule has 5 nitrogen and oxygen atoms in total. The number of nitrogens with one attached hydrogen (secondary N) is 1. The van der Waals surface area contributed by atoms with Gasteiger partial charge in [-0.05, 0) is 26.8 Å². The van der Waals surface area contributed by atoms with E-state index in [2.05, 4.69) is 49.2 Å². The Kier molecular flexibility index (Phi) is 6.15. The molecule has 0 aliphatic heterocycles. The van der Waals surface area contributed by atoms with Crippen molar-refractivity contribution in [2.75, 3.05) is 6.54 Å². The molecule has 20 heavy (non-hydrogen) atoms. The van der Waals surface area contributed by atoms with Crippen molar-refractivity contribution in [3.63, 3.8) is 0 Å². The molecule has 0 aliphatic carbocycles. The van der Waals surface area contributed by atoms with Crippen molar-refractivity contribution in [2.24, 2.45) is 0 Å². The first-order valence-corrected chi connectivity index (χ1v) is 7.60. The number of hydrogen-bond acceptors (Lipinski definition) is 4. The fraction of sp³-hybridized carbons (Fsp3) is 0.800. The number of aromatic nitrogens is 3. The van der Waals surface area contributed by atoms with Gasteiger partial charge in [0.25, 0.3) is 0 Å². The van der Waals surface area contributed by atoms with Crippen molar-refractivity contribution in [1.29, 1.82) is 5.26 Å². The molecular formula is C15H27N5. The molecule has 0 aromatic carbocycles. The van der Waals surface area contributed by atoms with Crippen LogP contribution in [0.2, 0.25) is 0 Å². The summed E-state index contributed by atoms with van der Waals surface area (Å²) in [6.07, 6.45) is 3.46. The molecule has 0 saturated carbocycles. The molecule has 5 heteroatoms. The minimum atomic E-state index is -0.515. The van der Waals surface area contributed by atoms with Gasteiger partial charge in [0.15, 0.2) is 5.82 Å². The molecule has 1 aromatic rings. The van der Waals surface area contributed by atoms with Crippen molar-refractivity contribution in [2.45, 2.75) is 71.9 Å². The molecule has 1 aromatic heterocycles. The quantitative estimate of drug-likeness (QED) is 0.793. The van der Waals surface area contributed by atoms with Crippen LogP contribution in [0.4, 0.5) is 0 Å². The van der Waals surface area contributed by atoms with Crippen molar-refractivity contribution in [3.05, 3.63) is 11.6 Å². The Morgan fingerprint density at radius 3 is 2.55 bits per heavy atom. The van der Waals surface area contributed by atoms with Crippen LogP contribution < -0.4 is 5.32 Å². The van der Waals surface area contributed by atoms with Crippen LogP contribution in [0.1, 0.15) is 65.2 Å². The van der Waals surface area contributed by atoms with Crippen molar-refractivity contribution < 1.29 is 0 Å². The van der Waals surface area contributed by atoms with E-state index in [-0.39, 0.29) is 6.04 Å². The van der Waals surface area contributed by atoms with E-state index in [0.717, 1.165) is 43.9 Å². The van der Waals surface area contributed by atoms with Gasteiger partial charge >= 0.3 is 0 Å². The molecule has 2 unspecified atom stereocenters. The van der Waals surface area contributed by atoms with Gasteiger partial charge in [-0.3, -0.25) is 5.32 Å². The summed E-state index contributed by atoms with van der Waals surface area (Å²) in [5.41, 5.74) is -0.515. The third kappa shape index (κ3) is 4.04. The topological polar surface area (TPSA) is 66.5 Å². The van der Waals surface area contributed by atoms with Crippen LogP contribution in [0, 0.1) is 11.3 Å². The van der Waals surface area contributed by atoms with E-state index in [9.17, 15) is 5.26 Å². The summed E-state index contributed by atoms with van der Waals surface area (Å²) in [6, 6.07) is 2.56. The molecule has 0 amide bonds. The lowest BCUT2D eigenvalue weighted by atomic mass is 9.95. The summed E-state index contributed by atoms with van der Waals surface area (Å²) >= 11 is 0. The normalized spacial score (nSPS) is 15.6. The maximum atomic E-state index is 9.43. The zero-order valence-corrected chi connectivity index (χ0v) is 13.4. The van der Waals surface area contributed by atoms with Crippen LogP contribution in [0.5, 0.6) is 0 Å². The van der Waals surface area contributed by atoms with Gasteiger partial charge in [-0.2, -0.15) is 10.4 Å².